The highest BCUT2D eigenvalue weighted by atomic mass is 19.1. The molecule has 0 unspecified atom stereocenters. The van der Waals surface area contributed by atoms with E-state index in [9.17, 15) is 19.4 Å². The number of aliphatic hydroxyl groups is 1. The molecular weight excluding hydrogens is 349 g/mol. The molecule has 5 nitrogen and oxygen atoms in total. The number of hydrogen-bond donors (Lipinski definition) is 2. The molecule has 0 radical (unpaired) electrons. The van der Waals surface area contributed by atoms with Gasteiger partial charge in [-0.25, -0.2) is 4.39 Å². The van der Waals surface area contributed by atoms with E-state index in [1.165, 1.54) is 13.2 Å². The van der Waals surface area contributed by atoms with Gasteiger partial charge >= 0.3 is 5.97 Å². The molecule has 1 heterocycles. The van der Waals surface area contributed by atoms with Crippen LogP contribution in [0.2, 0.25) is 0 Å². The fraction of sp³-hybridized carbons (Fsp3) is 0.381. The minimum Gasteiger partial charge on any atom is -0.497 e. The lowest BCUT2D eigenvalue weighted by Gasteiger charge is -2.43. The van der Waals surface area contributed by atoms with Gasteiger partial charge in [0.2, 0.25) is 0 Å². The maximum Gasteiger partial charge on any atom is 0.312 e. The minimum absolute atomic E-state index is 0.176. The van der Waals surface area contributed by atoms with Crippen LogP contribution < -0.4 is 4.74 Å². The number of likely N-dealkylation sites (tertiary alicyclic amines) is 1. The number of nitrogens with zero attached hydrogens (tertiary/aromatic N) is 1. The van der Waals surface area contributed by atoms with Gasteiger partial charge in [0.05, 0.1) is 13.2 Å². The van der Waals surface area contributed by atoms with Gasteiger partial charge in [-0.2, -0.15) is 0 Å². The molecule has 2 N–H and O–H groups in total. The van der Waals surface area contributed by atoms with Crippen LogP contribution in [0.15, 0.2) is 48.5 Å². The molecule has 27 heavy (non-hydrogen) atoms. The van der Waals surface area contributed by atoms with Gasteiger partial charge in [0.25, 0.3) is 0 Å². The minimum atomic E-state index is -1.23. The fourth-order valence-corrected chi connectivity index (χ4v) is 3.71. The SMILES string of the molecule is COc1ccc(F)c(CN2CC[C@](Cc3ccccc3)(C(=O)O)[C@@H](O)C2)c1. The first-order valence-corrected chi connectivity index (χ1v) is 8.95. The molecular formula is C21H24FNO4. The standard InChI is InChI=1S/C21H24FNO4/c1-27-17-7-8-18(22)16(11-17)13-23-10-9-21(20(25)26,19(24)14-23)12-15-5-3-2-4-6-15/h2-8,11,19,24H,9-10,12-14H2,1H3,(H,25,26)/t19-,21+/m0/s1. The molecule has 0 bridgehead atoms. The monoisotopic (exact) mass is 373 g/mol. The lowest BCUT2D eigenvalue weighted by atomic mass is 9.71. The Labute approximate surface area is 158 Å². The zero-order valence-electron chi connectivity index (χ0n) is 15.3. The van der Waals surface area contributed by atoms with Crippen LogP contribution in [-0.4, -0.2) is 47.4 Å². The highest BCUT2D eigenvalue weighted by molar-refractivity contribution is 5.76. The number of aliphatic carboxylic acids is 1. The summed E-state index contributed by atoms with van der Waals surface area (Å²) in [7, 11) is 1.52. The Morgan fingerprint density at radius 1 is 1.30 bits per heavy atom. The summed E-state index contributed by atoms with van der Waals surface area (Å²) >= 11 is 0. The largest absolute Gasteiger partial charge is 0.497 e. The van der Waals surface area contributed by atoms with Crippen molar-refractivity contribution in [3.63, 3.8) is 0 Å². The van der Waals surface area contributed by atoms with Gasteiger partial charge < -0.3 is 14.9 Å². The van der Waals surface area contributed by atoms with E-state index in [1.54, 1.807) is 12.1 Å². The van der Waals surface area contributed by atoms with Gasteiger partial charge in [0, 0.05) is 18.7 Å². The number of carboxylic acid groups (broad SMARTS) is 1. The molecule has 0 saturated carbocycles. The number of β-amino-alcohol motifs (C(OH)–C–C–N with tert-alkyl or cyclic N) is 1. The van der Waals surface area contributed by atoms with Crippen molar-refractivity contribution in [2.75, 3.05) is 20.2 Å². The van der Waals surface area contributed by atoms with E-state index in [1.807, 2.05) is 35.2 Å². The van der Waals surface area contributed by atoms with Crippen LogP contribution in [0, 0.1) is 11.2 Å². The third kappa shape index (κ3) is 4.12. The van der Waals surface area contributed by atoms with Crippen molar-refractivity contribution in [3.8, 4) is 5.75 Å². The highest BCUT2D eigenvalue weighted by Crippen LogP contribution is 2.36. The van der Waals surface area contributed by atoms with Crippen LogP contribution in [0.3, 0.4) is 0 Å². The van der Waals surface area contributed by atoms with E-state index in [4.69, 9.17) is 4.74 Å². The van der Waals surface area contributed by atoms with Crippen LogP contribution >= 0.6 is 0 Å². The molecule has 0 amide bonds. The second-order valence-electron chi connectivity index (χ2n) is 7.08. The number of rotatable bonds is 6. The van der Waals surface area contributed by atoms with Crippen molar-refractivity contribution in [1.29, 1.82) is 0 Å². The zero-order chi connectivity index (χ0) is 19.4. The fourth-order valence-electron chi connectivity index (χ4n) is 3.71. The molecule has 144 valence electrons. The van der Waals surface area contributed by atoms with Gasteiger partial charge in [-0.15, -0.1) is 0 Å². The zero-order valence-corrected chi connectivity index (χ0v) is 15.3. The van der Waals surface area contributed by atoms with Crippen LogP contribution in [0.4, 0.5) is 4.39 Å². The van der Waals surface area contributed by atoms with E-state index in [0.29, 0.717) is 30.8 Å². The number of hydrogen-bond acceptors (Lipinski definition) is 4. The summed E-state index contributed by atoms with van der Waals surface area (Å²) in [5, 5.41) is 20.6. The molecule has 2 aromatic rings. The summed E-state index contributed by atoms with van der Waals surface area (Å²) in [4.78, 5) is 13.9. The number of carbonyl (C=O) groups is 1. The second kappa shape index (κ2) is 8.06. The Bertz CT molecular complexity index is 798. The summed E-state index contributed by atoms with van der Waals surface area (Å²) in [5.74, 6) is -0.774. The van der Waals surface area contributed by atoms with Crippen LogP contribution in [-0.2, 0) is 17.8 Å². The summed E-state index contributed by atoms with van der Waals surface area (Å²) in [6.07, 6.45) is -0.479. The van der Waals surface area contributed by atoms with Crippen molar-refractivity contribution in [3.05, 3.63) is 65.5 Å². The number of benzene rings is 2. The molecule has 1 fully saturated rings. The molecule has 0 aliphatic carbocycles. The molecule has 6 heteroatoms. The van der Waals surface area contributed by atoms with Crippen LogP contribution in [0.1, 0.15) is 17.5 Å². The normalized spacial score (nSPS) is 23.1. The average Bonchev–Trinajstić information content (AvgIpc) is 2.66. The van der Waals surface area contributed by atoms with Gasteiger partial charge in [-0.05, 0) is 43.1 Å². The Kier molecular flexibility index (Phi) is 5.77. The Morgan fingerprint density at radius 3 is 2.67 bits per heavy atom. The molecule has 2 atom stereocenters. The van der Waals surface area contributed by atoms with E-state index in [0.717, 1.165) is 5.56 Å². The smallest absolute Gasteiger partial charge is 0.312 e. The van der Waals surface area contributed by atoms with Gasteiger partial charge in [0.1, 0.15) is 17.0 Å². The summed E-state index contributed by atoms with van der Waals surface area (Å²) in [6, 6.07) is 13.9. The van der Waals surface area contributed by atoms with Crippen molar-refractivity contribution < 1.29 is 24.1 Å². The first-order valence-electron chi connectivity index (χ1n) is 8.95. The summed E-state index contributed by atoms with van der Waals surface area (Å²) in [6.45, 7) is 0.934. The number of piperidine rings is 1. The predicted molar refractivity (Wildman–Crippen MR) is 99.1 cm³/mol. The Balaban J connectivity index is 1.74. The maximum absolute atomic E-state index is 14.1. The molecule has 0 aromatic heterocycles. The van der Waals surface area contributed by atoms with Crippen LogP contribution in [0.25, 0.3) is 0 Å². The molecule has 3 rings (SSSR count). The van der Waals surface area contributed by atoms with Gasteiger partial charge in [0.15, 0.2) is 0 Å². The summed E-state index contributed by atoms with van der Waals surface area (Å²) in [5.41, 5.74) is 0.115. The van der Waals surface area contributed by atoms with Gasteiger partial charge in [-0.1, -0.05) is 30.3 Å². The number of aliphatic hydroxyl groups excluding tert-OH is 1. The van der Waals surface area contributed by atoms with E-state index >= 15 is 0 Å². The highest BCUT2D eigenvalue weighted by Gasteiger charge is 2.48. The molecule has 1 aliphatic heterocycles. The quantitative estimate of drug-likeness (QED) is 0.815. The Hall–Kier alpha value is -2.44. The number of methoxy groups -OCH3 is 1. The molecule has 1 aliphatic rings. The van der Waals surface area contributed by atoms with E-state index < -0.39 is 17.5 Å². The van der Waals surface area contributed by atoms with Crippen molar-refractivity contribution in [1.82, 2.24) is 4.90 Å². The van der Waals surface area contributed by atoms with Crippen LogP contribution in [0.5, 0.6) is 5.75 Å². The average molecular weight is 373 g/mol. The van der Waals surface area contributed by atoms with E-state index in [-0.39, 0.29) is 18.8 Å². The molecule has 1 saturated heterocycles. The second-order valence-corrected chi connectivity index (χ2v) is 7.08. The van der Waals surface area contributed by atoms with Crippen molar-refractivity contribution in [2.45, 2.75) is 25.5 Å². The number of carboxylic acids is 1. The van der Waals surface area contributed by atoms with Crippen molar-refractivity contribution >= 4 is 5.97 Å². The predicted octanol–water partition coefficient (Wildman–Crippen LogP) is 2.71. The summed E-state index contributed by atoms with van der Waals surface area (Å²) < 4.78 is 19.2. The number of ether oxygens (including phenoxy) is 1. The third-order valence-corrected chi connectivity index (χ3v) is 5.38. The lowest BCUT2D eigenvalue weighted by molar-refractivity contribution is -0.163. The van der Waals surface area contributed by atoms with Gasteiger partial charge in [-0.3, -0.25) is 9.69 Å². The lowest BCUT2D eigenvalue weighted by Crippen LogP contribution is -2.55. The van der Waals surface area contributed by atoms with Crippen molar-refractivity contribution in [2.24, 2.45) is 5.41 Å². The number of halogens is 1. The molecule has 2 aromatic carbocycles. The topological polar surface area (TPSA) is 70.0 Å². The maximum atomic E-state index is 14.1. The first kappa shape index (κ1) is 19.3. The third-order valence-electron chi connectivity index (χ3n) is 5.38. The first-order chi connectivity index (χ1) is 12.9. The molecule has 0 spiro atoms. The Morgan fingerprint density at radius 2 is 2.04 bits per heavy atom. The van der Waals surface area contributed by atoms with E-state index in [2.05, 4.69) is 0 Å².